The van der Waals surface area contributed by atoms with Crippen LogP contribution in [0.4, 0.5) is 17.6 Å². The Morgan fingerprint density at radius 3 is 2.50 bits per heavy atom. The van der Waals surface area contributed by atoms with Crippen LogP contribution in [0.15, 0.2) is 42.6 Å². The number of aromatic nitrogens is 4. The maximum absolute atomic E-state index is 13.7. The largest absolute Gasteiger partial charge is 0.616 e. The molecule has 0 aliphatic carbocycles. The predicted octanol–water partition coefficient (Wildman–Crippen LogP) is 3.38. The third kappa shape index (κ3) is 2.78. The van der Waals surface area contributed by atoms with Gasteiger partial charge in [0.2, 0.25) is 5.69 Å². The van der Waals surface area contributed by atoms with E-state index in [-0.39, 0.29) is 26.7 Å². The summed E-state index contributed by atoms with van der Waals surface area (Å²) in [6, 6.07) is 8.40. The molecular weight excluding hydrogens is 352 g/mol. The molecular formula is C14H7ClF4N4O. The summed E-state index contributed by atoms with van der Waals surface area (Å²) < 4.78 is 52.5. The lowest BCUT2D eigenvalue weighted by Crippen LogP contribution is -2.34. The van der Waals surface area contributed by atoms with Crippen molar-refractivity contribution in [2.24, 2.45) is 0 Å². The van der Waals surface area contributed by atoms with E-state index in [1.165, 1.54) is 30.3 Å². The zero-order valence-electron chi connectivity index (χ0n) is 11.6. The van der Waals surface area contributed by atoms with E-state index >= 15 is 0 Å². The van der Waals surface area contributed by atoms with Crippen LogP contribution in [0, 0.1) is 11.2 Å². The van der Waals surface area contributed by atoms with Crippen molar-refractivity contribution in [3.05, 3.63) is 64.5 Å². The molecule has 0 aliphatic heterocycles. The van der Waals surface area contributed by atoms with Crippen molar-refractivity contribution in [1.29, 1.82) is 0 Å². The molecule has 3 rings (SSSR count). The second-order valence-corrected chi connectivity index (χ2v) is 5.12. The number of hydrogen-bond donors (Lipinski definition) is 0. The van der Waals surface area contributed by atoms with E-state index in [0.29, 0.717) is 6.20 Å². The second-order valence-electron chi connectivity index (χ2n) is 4.71. The molecule has 3 aromatic rings. The van der Waals surface area contributed by atoms with E-state index in [0.717, 1.165) is 4.68 Å². The summed E-state index contributed by atoms with van der Waals surface area (Å²) in [4.78, 5) is 0. The first-order chi connectivity index (χ1) is 11.3. The summed E-state index contributed by atoms with van der Waals surface area (Å²) in [5, 5.41) is 18.1. The Labute approximate surface area is 137 Å². The molecule has 0 amide bonds. The maximum Gasteiger partial charge on any atom is 0.436 e. The SMILES string of the molecule is [O-][n+]1c(-c2ccccc2-n2cc(C(F)(F)F)nn2)ccc(Cl)c1F. The fourth-order valence-corrected chi connectivity index (χ4v) is 2.23. The molecule has 0 unspecified atom stereocenters. The topological polar surface area (TPSA) is 57.6 Å². The first-order valence-corrected chi connectivity index (χ1v) is 6.83. The van der Waals surface area contributed by atoms with Gasteiger partial charge in [0.15, 0.2) is 5.69 Å². The van der Waals surface area contributed by atoms with E-state index in [2.05, 4.69) is 10.3 Å². The summed E-state index contributed by atoms with van der Waals surface area (Å²) in [7, 11) is 0. The first kappa shape index (κ1) is 16.2. The summed E-state index contributed by atoms with van der Waals surface area (Å²) >= 11 is 5.54. The molecule has 5 nitrogen and oxygen atoms in total. The zero-order chi connectivity index (χ0) is 17.5. The van der Waals surface area contributed by atoms with E-state index in [4.69, 9.17) is 11.6 Å². The van der Waals surface area contributed by atoms with Crippen LogP contribution in [0.3, 0.4) is 0 Å². The molecule has 0 atom stereocenters. The molecule has 0 radical (unpaired) electrons. The molecule has 2 aromatic heterocycles. The van der Waals surface area contributed by atoms with Crippen molar-refractivity contribution < 1.29 is 22.3 Å². The van der Waals surface area contributed by atoms with Crippen LogP contribution < -0.4 is 4.73 Å². The van der Waals surface area contributed by atoms with Crippen molar-refractivity contribution in [3.63, 3.8) is 0 Å². The number of para-hydroxylation sites is 1. The molecule has 0 bridgehead atoms. The third-order valence-corrected chi connectivity index (χ3v) is 3.47. The van der Waals surface area contributed by atoms with Crippen molar-refractivity contribution in [3.8, 4) is 16.9 Å². The van der Waals surface area contributed by atoms with E-state index < -0.39 is 17.8 Å². The predicted molar refractivity (Wildman–Crippen MR) is 75.7 cm³/mol. The van der Waals surface area contributed by atoms with Gasteiger partial charge in [0, 0.05) is 6.07 Å². The van der Waals surface area contributed by atoms with Crippen LogP contribution in [0.5, 0.6) is 0 Å². The van der Waals surface area contributed by atoms with E-state index in [9.17, 15) is 22.8 Å². The van der Waals surface area contributed by atoms with Crippen molar-refractivity contribution in [1.82, 2.24) is 15.0 Å². The monoisotopic (exact) mass is 358 g/mol. The Bertz CT molecular complexity index is 910. The number of benzene rings is 1. The van der Waals surface area contributed by atoms with Gasteiger partial charge in [-0.05, 0) is 18.2 Å². The highest BCUT2D eigenvalue weighted by Crippen LogP contribution is 2.29. The molecule has 0 saturated carbocycles. The molecule has 2 heterocycles. The van der Waals surface area contributed by atoms with Crippen LogP contribution >= 0.6 is 11.6 Å². The molecule has 124 valence electrons. The highest BCUT2D eigenvalue weighted by Gasteiger charge is 2.35. The molecule has 10 heteroatoms. The molecule has 0 spiro atoms. The lowest BCUT2D eigenvalue weighted by Gasteiger charge is -2.10. The van der Waals surface area contributed by atoms with Gasteiger partial charge in [-0.2, -0.15) is 13.2 Å². The molecule has 0 N–H and O–H groups in total. The average molecular weight is 359 g/mol. The molecule has 0 aliphatic rings. The normalized spacial score (nSPS) is 11.7. The Morgan fingerprint density at radius 2 is 1.83 bits per heavy atom. The van der Waals surface area contributed by atoms with Crippen LogP contribution in [0.2, 0.25) is 5.02 Å². The van der Waals surface area contributed by atoms with Gasteiger partial charge in [0.05, 0.1) is 17.4 Å². The third-order valence-electron chi connectivity index (χ3n) is 3.19. The van der Waals surface area contributed by atoms with Gasteiger partial charge in [0.25, 0.3) is 0 Å². The highest BCUT2D eigenvalue weighted by atomic mass is 35.5. The minimum atomic E-state index is -4.65. The Morgan fingerprint density at radius 1 is 1.12 bits per heavy atom. The number of rotatable bonds is 2. The zero-order valence-corrected chi connectivity index (χ0v) is 12.4. The number of halogens is 5. The van der Waals surface area contributed by atoms with Gasteiger partial charge >= 0.3 is 12.1 Å². The van der Waals surface area contributed by atoms with Gasteiger partial charge in [-0.1, -0.05) is 28.9 Å². The summed E-state index contributed by atoms with van der Waals surface area (Å²) in [6.45, 7) is 0. The number of pyridine rings is 1. The maximum atomic E-state index is 13.7. The summed E-state index contributed by atoms with van der Waals surface area (Å²) in [5.41, 5.74) is -1.01. The molecule has 1 aromatic carbocycles. The highest BCUT2D eigenvalue weighted by molar-refractivity contribution is 6.30. The van der Waals surface area contributed by atoms with Crippen LogP contribution in [-0.4, -0.2) is 15.0 Å². The van der Waals surface area contributed by atoms with Gasteiger partial charge in [-0.25, -0.2) is 4.68 Å². The first-order valence-electron chi connectivity index (χ1n) is 6.46. The van der Waals surface area contributed by atoms with Gasteiger partial charge in [-0.3, -0.25) is 0 Å². The molecule has 24 heavy (non-hydrogen) atoms. The van der Waals surface area contributed by atoms with Crippen molar-refractivity contribution >= 4 is 11.6 Å². The van der Waals surface area contributed by atoms with Crippen molar-refractivity contribution in [2.75, 3.05) is 0 Å². The Balaban J connectivity index is 2.16. The Hall–Kier alpha value is -2.68. The standard InChI is InChI=1S/C14H7ClF4N4O/c15-9-5-6-11(23(24)13(9)16)8-3-1-2-4-10(8)22-7-12(20-21-22)14(17,18)19/h1-7H. The Kier molecular flexibility index (Phi) is 3.88. The molecule has 0 fully saturated rings. The fourth-order valence-electron chi connectivity index (χ4n) is 2.09. The van der Waals surface area contributed by atoms with Crippen LogP contribution in [0.1, 0.15) is 5.69 Å². The van der Waals surface area contributed by atoms with Crippen molar-refractivity contribution in [2.45, 2.75) is 6.18 Å². The van der Waals surface area contributed by atoms with Crippen LogP contribution in [0.25, 0.3) is 16.9 Å². The average Bonchev–Trinajstić information content (AvgIpc) is 3.03. The minimum absolute atomic E-state index is 0.0389. The number of alkyl halides is 3. The van der Waals surface area contributed by atoms with Gasteiger partial charge < -0.3 is 5.21 Å². The summed E-state index contributed by atoms with van der Waals surface area (Å²) in [5.74, 6) is -1.21. The van der Waals surface area contributed by atoms with Crippen LogP contribution in [-0.2, 0) is 6.18 Å². The molecule has 0 saturated heterocycles. The quantitative estimate of drug-likeness (QED) is 0.305. The van der Waals surface area contributed by atoms with Gasteiger partial charge in [-0.15, -0.1) is 14.2 Å². The minimum Gasteiger partial charge on any atom is -0.616 e. The van der Waals surface area contributed by atoms with E-state index in [1.807, 2.05) is 0 Å². The van der Waals surface area contributed by atoms with Gasteiger partial charge in [0.1, 0.15) is 5.02 Å². The summed E-state index contributed by atoms with van der Waals surface area (Å²) in [6.07, 6.45) is -3.97. The number of nitrogens with zero attached hydrogens (tertiary/aromatic N) is 4. The second kappa shape index (κ2) is 5.75. The number of hydrogen-bond acceptors (Lipinski definition) is 3. The fraction of sp³-hybridized carbons (Fsp3) is 0.0714. The van der Waals surface area contributed by atoms with E-state index in [1.54, 1.807) is 6.07 Å². The lowest BCUT2D eigenvalue weighted by atomic mass is 10.1. The smallest absolute Gasteiger partial charge is 0.436 e. The lowest BCUT2D eigenvalue weighted by molar-refractivity contribution is -0.625.